The van der Waals surface area contributed by atoms with Gasteiger partial charge in [-0.1, -0.05) is 51.1 Å². The smallest absolute Gasteiger partial charge is 0.444 e. The highest BCUT2D eigenvalue weighted by molar-refractivity contribution is 6.74. The Labute approximate surface area is 285 Å². The van der Waals surface area contributed by atoms with Crippen LogP contribution in [0.5, 0.6) is 5.75 Å². The van der Waals surface area contributed by atoms with Crippen molar-refractivity contribution in [2.45, 2.75) is 124 Å². The summed E-state index contributed by atoms with van der Waals surface area (Å²) in [4.78, 5) is 43.7. The van der Waals surface area contributed by atoms with Gasteiger partial charge in [0, 0.05) is 17.5 Å². The molecule has 0 radical (unpaired) electrons. The van der Waals surface area contributed by atoms with E-state index in [0.29, 0.717) is 22.9 Å². The molecule has 3 aromatic rings. The molecule has 264 valence electrons. The van der Waals surface area contributed by atoms with Crippen LogP contribution in [0.25, 0.3) is 10.9 Å². The van der Waals surface area contributed by atoms with E-state index in [1.807, 2.05) is 52.0 Å². The molecule has 48 heavy (non-hydrogen) atoms. The highest BCUT2D eigenvalue weighted by Crippen LogP contribution is 2.42. The summed E-state index contributed by atoms with van der Waals surface area (Å²) in [7, 11) is -2.47. The average Bonchev–Trinajstić information content (AvgIpc) is 2.92. The Morgan fingerprint density at radius 1 is 0.896 bits per heavy atom. The minimum Gasteiger partial charge on any atom is -0.444 e. The van der Waals surface area contributed by atoms with Crippen LogP contribution >= 0.6 is 0 Å². The van der Waals surface area contributed by atoms with Gasteiger partial charge in [0.2, 0.25) is 5.56 Å². The van der Waals surface area contributed by atoms with Crippen LogP contribution in [0.2, 0.25) is 18.1 Å². The standard InChI is InChI=1S/C37H54N2O8Si/c1-24(20-25-14-13-15-26(21-25)23-40)39(33(42)45-35(2,3)4)22-30(47-48(11,12)37(8,9)10)27-16-18-29(44-34(43)46-36(5,6)7)32-28(27)17-19-31(41)38-32/h13-19,21,24,30,40H,20,22-23H2,1-12H3,(H,38,41)/t24-,30+/m1/s1. The molecule has 0 aliphatic heterocycles. The van der Waals surface area contributed by atoms with E-state index >= 15 is 0 Å². The lowest BCUT2D eigenvalue weighted by molar-refractivity contribution is 0.00677. The topological polar surface area (TPSA) is 127 Å². The minimum absolute atomic E-state index is 0.0801. The van der Waals surface area contributed by atoms with Crippen molar-refractivity contribution in [2.24, 2.45) is 0 Å². The summed E-state index contributed by atoms with van der Waals surface area (Å²) >= 11 is 0. The van der Waals surface area contributed by atoms with Gasteiger partial charge in [-0.2, -0.15) is 0 Å². The number of hydrogen-bond donors (Lipinski definition) is 2. The van der Waals surface area contributed by atoms with Crippen molar-refractivity contribution in [1.82, 2.24) is 9.88 Å². The Balaban J connectivity index is 2.18. The first-order valence-electron chi connectivity index (χ1n) is 16.4. The molecular weight excluding hydrogens is 628 g/mol. The van der Waals surface area contributed by atoms with Crippen LogP contribution in [0.4, 0.5) is 9.59 Å². The molecule has 0 unspecified atom stereocenters. The van der Waals surface area contributed by atoms with E-state index in [2.05, 4.69) is 38.8 Å². The van der Waals surface area contributed by atoms with E-state index in [1.165, 1.54) is 6.07 Å². The number of rotatable bonds is 10. The molecule has 0 aliphatic carbocycles. The van der Waals surface area contributed by atoms with Crippen molar-refractivity contribution in [3.63, 3.8) is 0 Å². The van der Waals surface area contributed by atoms with Gasteiger partial charge in [0.25, 0.3) is 0 Å². The minimum atomic E-state index is -2.47. The molecule has 1 heterocycles. The Morgan fingerprint density at radius 3 is 2.10 bits per heavy atom. The van der Waals surface area contributed by atoms with Gasteiger partial charge < -0.3 is 33.6 Å². The van der Waals surface area contributed by atoms with Gasteiger partial charge >= 0.3 is 12.2 Å². The molecule has 0 saturated heterocycles. The third-order valence-corrected chi connectivity index (χ3v) is 12.8. The Hall–Kier alpha value is -3.67. The zero-order chi connectivity index (χ0) is 36.2. The molecule has 0 bridgehead atoms. The summed E-state index contributed by atoms with van der Waals surface area (Å²) in [6.45, 7) is 23.4. The number of benzene rings is 2. The summed E-state index contributed by atoms with van der Waals surface area (Å²) in [5.74, 6) is 0.132. The second kappa shape index (κ2) is 14.8. The zero-order valence-electron chi connectivity index (χ0n) is 30.6. The number of aliphatic hydroxyl groups is 1. The molecule has 0 aliphatic rings. The predicted octanol–water partition coefficient (Wildman–Crippen LogP) is 8.27. The van der Waals surface area contributed by atoms with Gasteiger partial charge in [-0.05, 0) is 102 Å². The summed E-state index contributed by atoms with van der Waals surface area (Å²) in [6.07, 6.45) is -1.52. The number of nitrogens with zero attached hydrogens (tertiary/aromatic N) is 1. The van der Waals surface area contributed by atoms with Crippen molar-refractivity contribution in [3.05, 3.63) is 75.6 Å². The molecule has 2 aromatic carbocycles. The fourth-order valence-corrected chi connectivity index (χ4v) is 6.21. The predicted molar refractivity (Wildman–Crippen MR) is 191 cm³/mol. The Morgan fingerprint density at radius 2 is 1.52 bits per heavy atom. The van der Waals surface area contributed by atoms with Crippen LogP contribution in [-0.4, -0.2) is 59.3 Å². The highest BCUT2D eigenvalue weighted by Gasteiger charge is 2.41. The number of fused-ring (bicyclic) bond motifs is 1. The summed E-state index contributed by atoms with van der Waals surface area (Å²) in [6, 6.07) is 13.8. The number of H-pyrrole nitrogens is 1. The number of aromatic nitrogens is 1. The number of nitrogens with one attached hydrogen (secondary N) is 1. The molecule has 1 amide bonds. The van der Waals surface area contributed by atoms with E-state index in [4.69, 9.17) is 18.6 Å². The maximum absolute atomic E-state index is 13.9. The molecule has 0 saturated carbocycles. The van der Waals surface area contributed by atoms with Crippen molar-refractivity contribution < 1.29 is 33.3 Å². The maximum atomic E-state index is 13.9. The quantitative estimate of drug-likeness (QED) is 0.124. The number of ether oxygens (including phenoxy) is 3. The average molecular weight is 683 g/mol. The molecule has 11 heteroatoms. The van der Waals surface area contributed by atoms with Crippen LogP contribution in [0.1, 0.15) is 92.0 Å². The van der Waals surface area contributed by atoms with Crippen molar-refractivity contribution in [2.75, 3.05) is 6.54 Å². The lowest BCUT2D eigenvalue weighted by atomic mass is 10.0. The SMILES string of the molecule is C[C@H](Cc1cccc(CO)c1)N(C[C@H](O[Si](C)(C)C(C)(C)C)c1ccc(OC(=O)OC(C)(C)C)c2[nH]c(=O)ccc12)C(=O)OC(C)(C)C. The fourth-order valence-electron chi connectivity index (χ4n) is 4.95. The number of hydrogen-bond acceptors (Lipinski definition) is 8. The Bertz CT molecular complexity index is 1650. The van der Waals surface area contributed by atoms with Gasteiger partial charge in [0.1, 0.15) is 11.2 Å². The molecular formula is C37H54N2O8Si. The molecule has 0 fully saturated rings. The molecule has 0 spiro atoms. The summed E-state index contributed by atoms with van der Waals surface area (Å²) in [5.41, 5.74) is 0.897. The highest BCUT2D eigenvalue weighted by atomic mass is 28.4. The van der Waals surface area contributed by atoms with Gasteiger partial charge in [-0.25, -0.2) is 9.59 Å². The van der Waals surface area contributed by atoms with Gasteiger partial charge in [-0.15, -0.1) is 0 Å². The first kappa shape index (κ1) is 38.8. The number of amides is 1. The first-order valence-corrected chi connectivity index (χ1v) is 19.3. The molecule has 2 atom stereocenters. The Kier molecular flexibility index (Phi) is 12.0. The lowest BCUT2D eigenvalue weighted by Crippen LogP contribution is -2.48. The maximum Gasteiger partial charge on any atom is 0.514 e. The number of carbonyl (C=O) groups is 2. The van der Waals surface area contributed by atoms with E-state index in [-0.39, 0.29) is 35.5 Å². The van der Waals surface area contributed by atoms with E-state index in [9.17, 15) is 19.5 Å². The fraction of sp³-hybridized carbons (Fsp3) is 0.541. The summed E-state index contributed by atoms with van der Waals surface area (Å²) in [5, 5.41) is 10.1. The second-order valence-corrected chi connectivity index (χ2v) is 20.6. The largest absolute Gasteiger partial charge is 0.514 e. The molecule has 3 rings (SSSR count). The van der Waals surface area contributed by atoms with Crippen molar-refractivity contribution in [3.8, 4) is 5.75 Å². The van der Waals surface area contributed by atoms with E-state index in [0.717, 1.165) is 11.1 Å². The number of pyridine rings is 1. The van der Waals surface area contributed by atoms with Crippen LogP contribution in [0.15, 0.2) is 53.3 Å². The third-order valence-electron chi connectivity index (χ3n) is 8.29. The summed E-state index contributed by atoms with van der Waals surface area (Å²) < 4.78 is 24.0. The first-order chi connectivity index (χ1) is 22.0. The zero-order valence-corrected chi connectivity index (χ0v) is 31.6. The lowest BCUT2D eigenvalue weighted by Gasteiger charge is -2.42. The van der Waals surface area contributed by atoms with Crippen LogP contribution in [0.3, 0.4) is 0 Å². The normalized spacial score (nSPS) is 13.9. The number of carbonyl (C=O) groups excluding carboxylic acids is 2. The molecule has 2 N–H and O–H groups in total. The van der Waals surface area contributed by atoms with E-state index in [1.54, 1.807) is 43.9 Å². The van der Waals surface area contributed by atoms with E-state index < -0.39 is 37.9 Å². The van der Waals surface area contributed by atoms with Crippen LogP contribution < -0.4 is 10.3 Å². The van der Waals surface area contributed by atoms with Crippen LogP contribution in [-0.2, 0) is 26.9 Å². The second-order valence-electron chi connectivity index (χ2n) is 15.9. The molecule has 1 aromatic heterocycles. The van der Waals surface area contributed by atoms with Gasteiger partial charge in [-0.3, -0.25) is 4.79 Å². The van der Waals surface area contributed by atoms with Crippen molar-refractivity contribution >= 4 is 31.5 Å². The number of aromatic amines is 1. The third kappa shape index (κ3) is 10.7. The number of aliphatic hydroxyl groups excluding tert-OH is 1. The van der Waals surface area contributed by atoms with Gasteiger partial charge in [0.05, 0.1) is 24.8 Å². The van der Waals surface area contributed by atoms with Gasteiger partial charge in [0.15, 0.2) is 14.1 Å². The van der Waals surface area contributed by atoms with Crippen molar-refractivity contribution in [1.29, 1.82) is 0 Å². The molecule has 10 nitrogen and oxygen atoms in total. The monoisotopic (exact) mass is 682 g/mol. The van der Waals surface area contributed by atoms with Crippen LogP contribution in [0, 0.1) is 0 Å².